The van der Waals surface area contributed by atoms with Crippen molar-refractivity contribution < 1.29 is 23.4 Å². The van der Waals surface area contributed by atoms with Crippen LogP contribution >= 0.6 is 11.6 Å². The van der Waals surface area contributed by atoms with E-state index < -0.39 is 11.8 Å². The van der Waals surface area contributed by atoms with E-state index in [1.165, 1.54) is 18.7 Å². The summed E-state index contributed by atoms with van der Waals surface area (Å²) in [6, 6.07) is 11.9. The number of pyridine rings is 2. The Morgan fingerprint density at radius 3 is 2.83 bits per heavy atom. The van der Waals surface area contributed by atoms with Gasteiger partial charge in [0, 0.05) is 49.3 Å². The van der Waals surface area contributed by atoms with E-state index >= 15 is 0 Å². The van der Waals surface area contributed by atoms with Crippen molar-refractivity contribution in [2.24, 2.45) is 0 Å². The molecule has 0 saturated carbocycles. The van der Waals surface area contributed by atoms with Gasteiger partial charge >= 0.3 is 5.97 Å². The van der Waals surface area contributed by atoms with Crippen molar-refractivity contribution in [1.82, 2.24) is 24.4 Å². The van der Waals surface area contributed by atoms with Gasteiger partial charge in [-0.2, -0.15) is 0 Å². The van der Waals surface area contributed by atoms with Crippen LogP contribution in [0.15, 0.2) is 42.5 Å². The Morgan fingerprint density at radius 1 is 1.18 bits per heavy atom. The third-order valence-corrected chi connectivity index (χ3v) is 7.64. The maximum absolute atomic E-state index is 14.1. The van der Waals surface area contributed by atoms with Crippen molar-refractivity contribution in [2.75, 3.05) is 26.8 Å². The number of aromatic nitrogens is 4. The minimum atomic E-state index is -0.475. The highest BCUT2D eigenvalue weighted by Crippen LogP contribution is 2.24. The number of imidazole rings is 1. The molecule has 5 heterocycles. The van der Waals surface area contributed by atoms with Gasteiger partial charge in [-0.1, -0.05) is 23.7 Å². The smallest absolute Gasteiger partial charge is 0.356 e. The predicted octanol–water partition coefficient (Wildman–Crippen LogP) is 4.37. The van der Waals surface area contributed by atoms with Gasteiger partial charge in [-0.3, -0.25) is 4.90 Å². The number of benzene rings is 1. The highest BCUT2D eigenvalue weighted by Gasteiger charge is 2.24. The van der Waals surface area contributed by atoms with Gasteiger partial charge in [0.2, 0.25) is 5.88 Å². The lowest BCUT2D eigenvalue weighted by Gasteiger charge is -2.29. The number of fused-ring (bicyclic) bond motifs is 2. The Balaban J connectivity index is 1.15. The van der Waals surface area contributed by atoms with Crippen molar-refractivity contribution >= 4 is 28.7 Å². The van der Waals surface area contributed by atoms with E-state index in [0.29, 0.717) is 41.6 Å². The van der Waals surface area contributed by atoms with E-state index in [1.807, 2.05) is 18.2 Å². The predicted molar refractivity (Wildman–Crippen MR) is 146 cm³/mol. The molecule has 0 N–H and O–H groups in total. The number of nitrogens with zero attached hydrogens (tertiary/aromatic N) is 5. The second-order valence-electron chi connectivity index (χ2n) is 10.0. The van der Waals surface area contributed by atoms with Crippen LogP contribution in [-0.2, 0) is 42.0 Å². The molecule has 0 radical (unpaired) electrons. The fourth-order valence-corrected chi connectivity index (χ4v) is 5.20. The SMILES string of the molecule is COC(=O)c1ccc2nc(CCN3CCc4ccc(OCc5ccc(Cl)cc5F)nc4C3)n(C[C@@H]3CCO3)c2n1. The average molecular weight is 566 g/mol. The summed E-state index contributed by atoms with van der Waals surface area (Å²) >= 11 is 5.85. The highest BCUT2D eigenvalue weighted by molar-refractivity contribution is 6.30. The summed E-state index contributed by atoms with van der Waals surface area (Å²) in [5.74, 6) is 0.492. The van der Waals surface area contributed by atoms with Gasteiger partial charge in [0.15, 0.2) is 11.3 Å². The minimum Gasteiger partial charge on any atom is -0.473 e. The summed E-state index contributed by atoms with van der Waals surface area (Å²) in [7, 11) is 1.35. The van der Waals surface area contributed by atoms with Crippen molar-refractivity contribution in [3.63, 3.8) is 0 Å². The molecule has 208 valence electrons. The lowest BCUT2D eigenvalue weighted by Crippen LogP contribution is -2.34. The molecule has 4 aromatic rings. The molecule has 11 heteroatoms. The van der Waals surface area contributed by atoms with Crippen molar-refractivity contribution in [2.45, 2.75) is 45.1 Å². The maximum Gasteiger partial charge on any atom is 0.356 e. The molecule has 0 aliphatic carbocycles. The maximum atomic E-state index is 14.1. The fourth-order valence-electron chi connectivity index (χ4n) is 5.05. The molecular weight excluding hydrogens is 537 g/mol. The molecule has 2 aliphatic heterocycles. The second-order valence-corrected chi connectivity index (χ2v) is 10.4. The van der Waals surface area contributed by atoms with Gasteiger partial charge in [-0.15, -0.1) is 0 Å². The number of ether oxygens (including phenoxy) is 3. The Morgan fingerprint density at radius 2 is 2.05 bits per heavy atom. The molecule has 40 heavy (non-hydrogen) atoms. The van der Waals surface area contributed by atoms with E-state index in [4.69, 9.17) is 35.8 Å². The minimum absolute atomic E-state index is 0.0746. The van der Waals surface area contributed by atoms with E-state index in [2.05, 4.69) is 14.5 Å². The van der Waals surface area contributed by atoms with Crippen molar-refractivity contribution in [3.05, 3.63) is 81.6 Å². The summed E-state index contributed by atoms with van der Waals surface area (Å²) < 4.78 is 32.6. The molecule has 2 aliphatic rings. The first-order valence-corrected chi connectivity index (χ1v) is 13.7. The number of carbonyl (C=O) groups excluding carboxylic acids is 1. The van der Waals surface area contributed by atoms with Crippen LogP contribution in [0.5, 0.6) is 5.88 Å². The topological polar surface area (TPSA) is 91.6 Å². The van der Waals surface area contributed by atoms with Crippen molar-refractivity contribution in [1.29, 1.82) is 0 Å². The first-order valence-electron chi connectivity index (χ1n) is 13.3. The average Bonchev–Trinajstić information content (AvgIpc) is 3.29. The molecule has 1 atom stereocenters. The van der Waals surface area contributed by atoms with Crippen LogP contribution in [0.1, 0.15) is 39.6 Å². The van der Waals surface area contributed by atoms with Crippen LogP contribution in [0.4, 0.5) is 4.39 Å². The quantitative estimate of drug-likeness (QED) is 0.276. The monoisotopic (exact) mass is 565 g/mol. The number of hydrogen-bond acceptors (Lipinski definition) is 8. The van der Waals surface area contributed by atoms with E-state index in [9.17, 15) is 9.18 Å². The largest absolute Gasteiger partial charge is 0.473 e. The van der Waals surface area contributed by atoms with Crippen LogP contribution in [0, 0.1) is 5.82 Å². The van der Waals surface area contributed by atoms with Gasteiger partial charge < -0.3 is 18.8 Å². The van der Waals surface area contributed by atoms with Crippen LogP contribution in [0.25, 0.3) is 11.2 Å². The molecule has 0 amide bonds. The highest BCUT2D eigenvalue weighted by atomic mass is 35.5. The lowest BCUT2D eigenvalue weighted by atomic mass is 10.0. The van der Waals surface area contributed by atoms with Crippen LogP contribution in [0.3, 0.4) is 0 Å². The zero-order valence-corrected chi connectivity index (χ0v) is 22.9. The van der Waals surface area contributed by atoms with Crippen LogP contribution < -0.4 is 4.74 Å². The summed E-state index contributed by atoms with van der Waals surface area (Å²) in [6.07, 6.45) is 2.69. The van der Waals surface area contributed by atoms with Gasteiger partial charge in [0.05, 0.1) is 25.5 Å². The number of halogens is 2. The second kappa shape index (κ2) is 11.5. The molecule has 3 aromatic heterocycles. The van der Waals surface area contributed by atoms with Gasteiger partial charge in [0.1, 0.15) is 23.8 Å². The summed E-state index contributed by atoms with van der Waals surface area (Å²) in [6.45, 7) is 3.84. The lowest BCUT2D eigenvalue weighted by molar-refractivity contribution is -0.0591. The molecule has 9 nitrogen and oxygen atoms in total. The summed E-state index contributed by atoms with van der Waals surface area (Å²) in [4.78, 5) is 28.6. The Kier molecular flexibility index (Phi) is 7.64. The molecule has 0 spiro atoms. The normalized spacial score (nSPS) is 16.9. The first kappa shape index (κ1) is 26.6. The first-order chi connectivity index (χ1) is 19.5. The molecule has 1 fully saturated rings. The van der Waals surface area contributed by atoms with E-state index in [0.717, 1.165) is 49.6 Å². The van der Waals surface area contributed by atoms with Gasteiger partial charge in [-0.05, 0) is 42.7 Å². The van der Waals surface area contributed by atoms with Crippen LogP contribution in [-0.4, -0.2) is 63.3 Å². The molecule has 0 unspecified atom stereocenters. The number of methoxy groups -OCH3 is 1. The third-order valence-electron chi connectivity index (χ3n) is 7.40. The zero-order valence-electron chi connectivity index (χ0n) is 22.1. The molecule has 1 aromatic carbocycles. The number of hydrogen-bond donors (Lipinski definition) is 0. The Labute approximate surface area is 235 Å². The molecule has 0 bridgehead atoms. The number of esters is 1. The van der Waals surface area contributed by atoms with Crippen molar-refractivity contribution in [3.8, 4) is 5.88 Å². The third kappa shape index (κ3) is 5.65. The summed E-state index contributed by atoms with van der Waals surface area (Å²) in [5, 5.41) is 0.349. The molecule has 1 saturated heterocycles. The summed E-state index contributed by atoms with van der Waals surface area (Å²) in [5.41, 5.74) is 4.24. The number of rotatable bonds is 9. The standard InChI is InChI=1S/C29H29ClFN5O4/c1-38-29(37)24-6-5-23-28(34-24)36(15-21-10-13-39-21)26(32-23)9-12-35-11-8-18-3-7-27(33-25(18)16-35)40-17-19-2-4-20(30)14-22(19)31/h2-7,14,21H,8-13,15-17H2,1H3/t21-/m0/s1. The fraction of sp³-hybridized carbons (Fsp3) is 0.379. The van der Waals surface area contributed by atoms with Crippen LogP contribution in [0.2, 0.25) is 5.02 Å². The Bertz CT molecular complexity index is 1560. The van der Waals surface area contributed by atoms with E-state index in [1.54, 1.807) is 18.2 Å². The zero-order chi connectivity index (χ0) is 27.6. The van der Waals surface area contributed by atoms with Gasteiger partial charge in [0.25, 0.3) is 0 Å². The van der Waals surface area contributed by atoms with E-state index in [-0.39, 0.29) is 18.4 Å². The van der Waals surface area contributed by atoms with Gasteiger partial charge in [-0.25, -0.2) is 24.1 Å². The molecule has 6 rings (SSSR count). The Hall–Kier alpha value is -3.60. The number of carbonyl (C=O) groups is 1. The molecular formula is C29H29ClFN5O4.